The van der Waals surface area contributed by atoms with Crippen LogP contribution in [0, 0.1) is 0 Å². The van der Waals surface area contributed by atoms with Crippen molar-refractivity contribution in [1.82, 2.24) is 14.8 Å². The van der Waals surface area contributed by atoms with E-state index >= 15 is 0 Å². The zero-order valence-electron chi connectivity index (χ0n) is 10.3. The van der Waals surface area contributed by atoms with Gasteiger partial charge in [-0.15, -0.1) is 10.2 Å². The smallest absolute Gasteiger partial charge is 0.167 e. The minimum atomic E-state index is 0.430. The van der Waals surface area contributed by atoms with Crippen LogP contribution in [-0.2, 0) is 0 Å². The number of anilines is 1. The number of benzene rings is 1. The SMILES string of the molecule is Nc1c(Cl)ccc(Cl)c1-c1nncn1C1CCCC1. The van der Waals surface area contributed by atoms with Crippen LogP contribution >= 0.6 is 23.2 Å². The van der Waals surface area contributed by atoms with Crippen LogP contribution in [0.3, 0.4) is 0 Å². The Bertz CT molecular complexity index is 603. The van der Waals surface area contributed by atoms with Crippen molar-refractivity contribution in [3.63, 3.8) is 0 Å². The molecule has 2 N–H and O–H groups in total. The maximum Gasteiger partial charge on any atom is 0.167 e. The predicted octanol–water partition coefficient (Wildman–Crippen LogP) is 3.95. The lowest BCUT2D eigenvalue weighted by molar-refractivity contribution is 0.522. The number of hydrogen-bond donors (Lipinski definition) is 1. The van der Waals surface area contributed by atoms with Gasteiger partial charge in [0, 0.05) is 6.04 Å². The molecule has 1 fully saturated rings. The summed E-state index contributed by atoms with van der Waals surface area (Å²) in [6.07, 6.45) is 6.51. The van der Waals surface area contributed by atoms with Crippen LogP contribution in [-0.4, -0.2) is 14.8 Å². The molecule has 0 bridgehead atoms. The molecule has 0 atom stereocenters. The van der Waals surface area contributed by atoms with Crippen molar-refractivity contribution in [2.45, 2.75) is 31.7 Å². The molecule has 1 saturated carbocycles. The average molecular weight is 297 g/mol. The molecule has 1 heterocycles. The highest BCUT2D eigenvalue weighted by Gasteiger charge is 2.23. The molecule has 0 unspecified atom stereocenters. The van der Waals surface area contributed by atoms with Gasteiger partial charge in [-0.3, -0.25) is 0 Å². The molecule has 3 rings (SSSR count). The summed E-state index contributed by atoms with van der Waals surface area (Å²) in [5, 5.41) is 9.23. The Morgan fingerprint density at radius 2 is 1.84 bits per heavy atom. The predicted molar refractivity (Wildman–Crippen MR) is 77.4 cm³/mol. The summed E-state index contributed by atoms with van der Waals surface area (Å²) in [6, 6.07) is 3.86. The molecule has 1 aliphatic carbocycles. The molecule has 2 aromatic rings. The fourth-order valence-corrected chi connectivity index (χ4v) is 3.07. The van der Waals surface area contributed by atoms with E-state index in [-0.39, 0.29) is 0 Å². The van der Waals surface area contributed by atoms with E-state index in [1.54, 1.807) is 18.5 Å². The largest absolute Gasteiger partial charge is 0.397 e. The van der Waals surface area contributed by atoms with E-state index in [4.69, 9.17) is 28.9 Å². The van der Waals surface area contributed by atoms with Gasteiger partial charge in [-0.05, 0) is 25.0 Å². The molecule has 0 aliphatic heterocycles. The second-order valence-electron chi connectivity index (χ2n) is 4.82. The number of hydrogen-bond acceptors (Lipinski definition) is 3. The summed E-state index contributed by atoms with van der Waals surface area (Å²) in [5.74, 6) is 0.705. The van der Waals surface area contributed by atoms with Crippen molar-refractivity contribution in [2.75, 3.05) is 5.73 Å². The van der Waals surface area contributed by atoms with E-state index < -0.39 is 0 Å². The quantitative estimate of drug-likeness (QED) is 0.854. The van der Waals surface area contributed by atoms with Crippen molar-refractivity contribution >= 4 is 28.9 Å². The summed E-state index contributed by atoms with van der Waals surface area (Å²) in [7, 11) is 0. The zero-order valence-corrected chi connectivity index (χ0v) is 11.8. The summed E-state index contributed by atoms with van der Waals surface area (Å²) < 4.78 is 2.07. The van der Waals surface area contributed by atoms with Gasteiger partial charge < -0.3 is 10.3 Å². The molecule has 0 amide bonds. The molecular formula is C13H14Cl2N4. The van der Waals surface area contributed by atoms with Crippen molar-refractivity contribution in [1.29, 1.82) is 0 Å². The molecule has 1 aliphatic rings. The van der Waals surface area contributed by atoms with E-state index in [1.807, 2.05) is 0 Å². The van der Waals surface area contributed by atoms with Crippen LogP contribution in [0.4, 0.5) is 5.69 Å². The minimum Gasteiger partial charge on any atom is -0.397 e. The highest BCUT2D eigenvalue weighted by molar-refractivity contribution is 6.37. The molecule has 1 aromatic carbocycles. The maximum absolute atomic E-state index is 6.25. The third-order valence-corrected chi connectivity index (χ3v) is 4.30. The number of aromatic nitrogens is 3. The Kier molecular flexibility index (Phi) is 3.37. The van der Waals surface area contributed by atoms with Crippen LogP contribution in [0.25, 0.3) is 11.4 Å². The minimum absolute atomic E-state index is 0.430. The van der Waals surface area contributed by atoms with E-state index in [0.717, 1.165) is 12.8 Å². The first-order chi connectivity index (χ1) is 9.18. The van der Waals surface area contributed by atoms with Gasteiger partial charge in [-0.1, -0.05) is 36.0 Å². The monoisotopic (exact) mass is 296 g/mol. The molecule has 4 nitrogen and oxygen atoms in total. The van der Waals surface area contributed by atoms with E-state index in [1.165, 1.54) is 12.8 Å². The van der Waals surface area contributed by atoms with Crippen molar-refractivity contribution in [3.05, 3.63) is 28.5 Å². The molecule has 100 valence electrons. The van der Waals surface area contributed by atoms with Crippen LogP contribution in [0.2, 0.25) is 10.0 Å². The lowest BCUT2D eigenvalue weighted by atomic mass is 10.1. The number of nitrogen functional groups attached to an aromatic ring is 1. The third kappa shape index (κ3) is 2.19. The average Bonchev–Trinajstić information content (AvgIpc) is 3.04. The molecule has 19 heavy (non-hydrogen) atoms. The highest BCUT2D eigenvalue weighted by atomic mass is 35.5. The number of rotatable bonds is 2. The molecular weight excluding hydrogens is 283 g/mol. The second kappa shape index (κ2) is 5.02. The standard InChI is InChI=1S/C13H14Cl2N4/c14-9-5-6-10(15)12(16)11(9)13-18-17-7-19(13)8-3-1-2-4-8/h5-8H,1-4,16H2. The van der Waals surface area contributed by atoms with Gasteiger partial charge in [0.25, 0.3) is 0 Å². The lowest BCUT2D eigenvalue weighted by Gasteiger charge is -2.15. The fourth-order valence-electron chi connectivity index (χ4n) is 2.67. The lowest BCUT2D eigenvalue weighted by Crippen LogP contribution is -2.07. The Balaban J connectivity index is 2.13. The molecule has 0 saturated heterocycles. The van der Waals surface area contributed by atoms with Gasteiger partial charge >= 0.3 is 0 Å². The summed E-state index contributed by atoms with van der Waals surface area (Å²) >= 11 is 12.3. The van der Waals surface area contributed by atoms with Crippen LogP contribution in [0.1, 0.15) is 31.7 Å². The van der Waals surface area contributed by atoms with E-state index in [2.05, 4.69) is 14.8 Å². The Hall–Kier alpha value is -1.26. The molecule has 0 spiro atoms. The summed E-state index contributed by atoms with van der Waals surface area (Å²) in [6.45, 7) is 0. The first kappa shape index (κ1) is 12.8. The highest BCUT2D eigenvalue weighted by Crippen LogP contribution is 2.39. The normalized spacial score (nSPS) is 16.1. The zero-order chi connectivity index (χ0) is 13.4. The van der Waals surface area contributed by atoms with Gasteiger partial charge in [-0.25, -0.2) is 0 Å². The third-order valence-electron chi connectivity index (χ3n) is 3.66. The first-order valence-electron chi connectivity index (χ1n) is 6.32. The van der Waals surface area contributed by atoms with Crippen molar-refractivity contribution in [3.8, 4) is 11.4 Å². The molecule has 0 radical (unpaired) electrons. The molecule has 1 aromatic heterocycles. The Labute approximate surface area is 121 Å². The van der Waals surface area contributed by atoms with Crippen LogP contribution in [0.15, 0.2) is 18.5 Å². The summed E-state index contributed by atoms with van der Waals surface area (Å²) in [5.41, 5.74) is 7.18. The van der Waals surface area contributed by atoms with Gasteiger partial charge in [-0.2, -0.15) is 0 Å². The van der Waals surface area contributed by atoms with Crippen LogP contribution < -0.4 is 5.73 Å². The maximum atomic E-state index is 6.25. The number of nitrogens with zero attached hydrogens (tertiary/aromatic N) is 3. The van der Waals surface area contributed by atoms with E-state index in [9.17, 15) is 0 Å². The number of halogens is 2. The van der Waals surface area contributed by atoms with Crippen molar-refractivity contribution < 1.29 is 0 Å². The molecule has 6 heteroatoms. The van der Waals surface area contributed by atoms with Gasteiger partial charge in [0.05, 0.1) is 21.3 Å². The topological polar surface area (TPSA) is 56.7 Å². The van der Waals surface area contributed by atoms with Gasteiger partial charge in [0.1, 0.15) is 6.33 Å². The first-order valence-corrected chi connectivity index (χ1v) is 7.07. The number of nitrogens with two attached hydrogens (primary N) is 1. The second-order valence-corrected chi connectivity index (χ2v) is 5.63. The Morgan fingerprint density at radius 3 is 2.58 bits per heavy atom. The van der Waals surface area contributed by atoms with Gasteiger partial charge in [0.15, 0.2) is 5.82 Å². The van der Waals surface area contributed by atoms with Crippen LogP contribution in [0.5, 0.6) is 0 Å². The fraction of sp³-hybridized carbons (Fsp3) is 0.385. The Morgan fingerprint density at radius 1 is 1.16 bits per heavy atom. The van der Waals surface area contributed by atoms with E-state index in [0.29, 0.717) is 33.2 Å². The van der Waals surface area contributed by atoms with Gasteiger partial charge in [0.2, 0.25) is 0 Å². The summed E-state index contributed by atoms with van der Waals surface area (Å²) in [4.78, 5) is 0. The van der Waals surface area contributed by atoms with Crippen molar-refractivity contribution in [2.24, 2.45) is 0 Å².